The van der Waals surface area contributed by atoms with Crippen LogP contribution in [-0.4, -0.2) is 55.1 Å². The Labute approximate surface area is 100.0 Å². The van der Waals surface area contributed by atoms with Crippen LogP contribution in [0.3, 0.4) is 0 Å². The van der Waals surface area contributed by atoms with E-state index in [2.05, 4.69) is 16.7 Å². The highest BCUT2D eigenvalue weighted by molar-refractivity contribution is 4.86. The highest BCUT2D eigenvalue weighted by Crippen LogP contribution is 2.28. The van der Waals surface area contributed by atoms with Gasteiger partial charge in [-0.15, -0.1) is 0 Å². The fraction of sp³-hybridized carbons (Fsp3) is 1.00. The molecule has 0 radical (unpaired) electrons. The Kier molecular flexibility index (Phi) is 4.62. The molecule has 0 amide bonds. The van der Waals surface area contributed by atoms with E-state index in [1.54, 1.807) is 0 Å². The van der Waals surface area contributed by atoms with Crippen molar-refractivity contribution < 1.29 is 0 Å². The van der Waals surface area contributed by atoms with E-state index in [9.17, 15) is 0 Å². The molecule has 1 aliphatic heterocycles. The Bertz CT molecular complexity index is 199. The van der Waals surface area contributed by atoms with Gasteiger partial charge < -0.3 is 10.6 Å². The van der Waals surface area contributed by atoms with Crippen LogP contribution >= 0.6 is 0 Å². The molecule has 2 rings (SSSR count). The molecule has 3 heteroatoms. The predicted octanol–water partition coefficient (Wildman–Crippen LogP) is 1.14. The molecule has 0 aromatic rings. The summed E-state index contributed by atoms with van der Waals surface area (Å²) in [4.78, 5) is 5.26. The molecule has 1 saturated carbocycles. The van der Waals surface area contributed by atoms with Crippen molar-refractivity contribution in [3.05, 3.63) is 0 Å². The van der Waals surface area contributed by atoms with Gasteiger partial charge in [-0.25, -0.2) is 0 Å². The Hall–Kier alpha value is -0.120. The van der Waals surface area contributed by atoms with Crippen LogP contribution in [0.5, 0.6) is 0 Å². The van der Waals surface area contributed by atoms with E-state index in [0.717, 1.165) is 18.5 Å². The molecule has 0 aromatic carbocycles. The smallest absolute Gasteiger partial charge is 0.0137 e. The van der Waals surface area contributed by atoms with Gasteiger partial charge >= 0.3 is 0 Å². The van der Waals surface area contributed by atoms with Crippen molar-refractivity contribution in [2.45, 2.75) is 38.6 Å². The Balaban J connectivity index is 1.86. The topological polar surface area (TPSA) is 32.5 Å². The maximum absolute atomic E-state index is 5.92. The van der Waals surface area contributed by atoms with E-state index >= 15 is 0 Å². The van der Waals surface area contributed by atoms with Gasteiger partial charge in [0, 0.05) is 32.2 Å². The third-order valence-electron chi connectivity index (χ3n) is 4.49. The van der Waals surface area contributed by atoms with Crippen LogP contribution in [0, 0.1) is 5.92 Å². The lowest BCUT2D eigenvalue weighted by Gasteiger charge is -2.44. The summed E-state index contributed by atoms with van der Waals surface area (Å²) >= 11 is 0. The molecule has 0 bridgehead atoms. The zero-order valence-corrected chi connectivity index (χ0v) is 10.7. The monoisotopic (exact) mass is 225 g/mol. The number of rotatable bonds is 3. The third kappa shape index (κ3) is 2.76. The van der Waals surface area contributed by atoms with Crippen molar-refractivity contribution in [2.75, 3.05) is 39.3 Å². The third-order valence-corrected chi connectivity index (χ3v) is 4.49. The van der Waals surface area contributed by atoms with Crippen molar-refractivity contribution in [1.82, 2.24) is 9.80 Å². The van der Waals surface area contributed by atoms with Gasteiger partial charge in [0.05, 0.1) is 0 Å². The van der Waals surface area contributed by atoms with E-state index in [4.69, 9.17) is 5.73 Å². The summed E-state index contributed by atoms with van der Waals surface area (Å²) in [5.41, 5.74) is 5.92. The number of nitrogens with zero attached hydrogens (tertiary/aromatic N) is 2. The van der Waals surface area contributed by atoms with Crippen LogP contribution in [0.25, 0.3) is 0 Å². The largest absolute Gasteiger partial charge is 0.330 e. The average Bonchev–Trinajstić information content (AvgIpc) is 2.39. The van der Waals surface area contributed by atoms with E-state index < -0.39 is 0 Å². The SMILES string of the molecule is CCN1CCN(C2CCCCC2CN)CC1. The lowest BCUT2D eigenvalue weighted by molar-refractivity contribution is 0.0538. The quantitative estimate of drug-likeness (QED) is 0.782. The highest BCUT2D eigenvalue weighted by atomic mass is 15.3. The molecule has 1 aliphatic carbocycles. The Morgan fingerprint density at radius 1 is 1.06 bits per heavy atom. The Morgan fingerprint density at radius 3 is 2.38 bits per heavy atom. The van der Waals surface area contributed by atoms with Crippen molar-refractivity contribution in [3.8, 4) is 0 Å². The fourth-order valence-corrected chi connectivity index (χ4v) is 3.35. The van der Waals surface area contributed by atoms with E-state index in [0.29, 0.717) is 0 Å². The summed E-state index contributed by atoms with van der Waals surface area (Å²) in [7, 11) is 0. The lowest BCUT2D eigenvalue weighted by atomic mass is 9.83. The molecule has 2 unspecified atom stereocenters. The fourth-order valence-electron chi connectivity index (χ4n) is 3.35. The second kappa shape index (κ2) is 5.99. The molecule has 1 heterocycles. The molecule has 0 spiro atoms. The normalized spacial score (nSPS) is 34.1. The van der Waals surface area contributed by atoms with E-state index in [1.807, 2.05) is 0 Å². The first-order chi connectivity index (χ1) is 7.85. The molecule has 2 aliphatic rings. The second-order valence-corrected chi connectivity index (χ2v) is 5.32. The second-order valence-electron chi connectivity index (χ2n) is 5.32. The van der Waals surface area contributed by atoms with Gasteiger partial charge in [0.15, 0.2) is 0 Å². The minimum absolute atomic E-state index is 0.766. The molecule has 1 saturated heterocycles. The molecule has 94 valence electrons. The summed E-state index contributed by atoms with van der Waals surface area (Å²) in [6, 6.07) is 0.790. The summed E-state index contributed by atoms with van der Waals surface area (Å²) in [5.74, 6) is 0.766. The zero-order valence-electron chi connectivity index (χ0n) is 10.7. The van der Waals surface area contributed by atoms with Crippen LogP contribution in [0.1, 0.15) is 32.6 Å². The van der Waals surface area contributed by atoms with Crippen LogP contribution < -0.4 is 5.73 Å². The Morgan fingerprint density at radius 2 is 1.75 bits per heavy atom. The lowest BCUT2D eigenvalue weighted by Crippen LogP contribution is -2.53. The first kappa shape index (κ1) is 12.3. The summed E-state index contributed by atoms with van der Waals surface area (Å²) < 4.78 is 0. The van der Waals surface area contributed by atoms with Gasteiger partial charge in [-0.3, -0.25) is 4.90 Å². The van der Waals surface area contributed by atoms with Crippen LogP contribution in [0.15, 0.2) is 0 Å². The van der Waals surface area contributed by atoms with Gasteiger partial charge in [-0.2, -0.15) is 0 Å². The van der Waals surface area contributed by atoms with Crippen molar-refractivity contribution in [1.29, 1.82) is 0 Å². The standard InChI is InChI=1S/C13H27N3/c1-2-15-7-9-16(10-8-15)13-6-4-3-5-12(13)11-14/h12-13H,2-11,14H2,1H3. The van der Waals surface area contributed by atoms with Crippen molar-refractivity contribution in [3.63, 3.8) is 0 Å². The molecular formula is C13H27N3. The number of hydrogen-bond acceptors (Lipinski definition) is 3. The summed E-state index contributed by atoms with van der Waals surface area (Å²) in [6.07, 6.45) is 5.55. The molecule has 3 nitrogen and oxygen atoms in total. The van der Waals surface area contributed by atoms with Gasteiger partial charge in [0.1, 0.15) is 0 Å². The first-order valence-electron chi connectivity index (χ1n) is 7.01. The minimum atomic E-state index is 0.766. The molecule has 2 atom stereocenters. The van der Waals surface area contributed by atoms with Crippen LogP contribution in [0.2, 0.25) is 0 Å². The number of nitrogens with two attached hydrogens (primary N) is 1. The van der Waals surface area contributed by atoms with Crippen LogP contribution in [-0.2, 0) is 0 Å². The van der Waals surface area contributed by atoms with Gasteiger partial charge in [-0.05, 0) is 31.8 Å². The first-order valence-corrected chi connectivity index (χ1v) is 7.01. The molecular weight excluding hydrogens is 198 g/mol. The van der Waals surface area contributed by atoms with Gasteiger partial charge in [0.2, 0.25) is 0 Å². The molecule has 16 heavy (non-hydrogen) atoms. The molecule has 0 aromatic heterocycles. The number of likely N-dealkylation sites (N-methyl/N-ethyl adjacent to an activating group) is 1. The van der Waals surface area contributed by atoms with Crippen molar-refractivity contribution >= 4 is 0 Å². The van der Waals surface area contributed by atoms with Crippen LogP contribution in [0.4, 0.5) is 0 Å². The molecule has 2 N–H and O–H groups in total. The minimum Gasteiger partial charge on any atom is -0.330 e. The average molecular weight is 225 g/mol. The van der Waals surface area contributed by atoms with E-state index in [-0.39, 0.29) is 0 Å². The summed E-state index contributed by atoms with van der Waals surface area (Å²) in [5, 5.41) is 0. The predicted molar refractivity (Wildman–Crippen MR) is 68.5 cm³/mol. The van der Waals surface area contributed by atoms with Gasteiger partial charge in [0.25, 0.3) is 0 Å². The number of hydrogen-bond donors (Lipinski definition) is 1. The van der Waals surface area contributed by atoms with E-state index in [1.165, 1.54) is 58.4 Å². The number of piperazine rings is 1. The van der Waals surface area contributed by atoms with Crippen molar-refractivity contribution in [2.24, 2.45) is 11.7 Å². The maximum Gasteiger partial charge on any atom is 0.0137 e. The molecule has 2 fully saturated rings. The maximum atomic E-state index is 5.92. The van der Waals surface area contributed by atoms with Gasteiger partial charge in [-0.1, -0.05) is 19.8 Å². The highest BCUT2D eigenvalue weighted by Gasteiger charge is 2.30. The summed E-state index contributed by atoms with van der Waals surface area (Å²) in [6.45, 7) is 9.38. The zero-order chi connectivity index (χ0) is 11.4.